The first-order valence-corrected chi connectivity index (χ1v) is 6.99. The summed E-state index contributed by atoms with van der Waals surface area (Å²) in [5, 5.41) is 3.63. The van der Waals surface area contributed by atoms with Crippen molar-refractivity contribution in [2.45, 2.75) is 58.0 Å². The fourth-order valence-corrected chi connectivity index (χ4v) is 2.75. The molecular weight excluding hydrogens is 208 g/mol. The van der Waals surface area contributed by atoms with Crippen LogP contribution in [0.4, 0.5) is 0 Å². The highest BCUT2D eigenvalue weighted by molar-refractivity contribution is 5.03. The normalized spacial score (nSPS) is 19.8. The lowest BCUT2D eigenvalue weighted by atomic mass is 9.93. The van der Waals surface area contributed by atoms with E-state index in [0.29, 0.717) is 6.04 Å². The standard InChI is InChI=1S/C15H24N2/c1-13(14-8-4-2-3-5-9-14)17-12-15-10-6-7-11-16-15/h6-7,10-11,13-14,17H,2-5,8-9,12H2,1H3/t13-/m0/s1. The van der Waals surface area contributed by atoms with Gasteiger partial charge in [0.25, 0.3) is 0 Å². The second kappa shape index (κ2) is 6.75. The highest BCUT2D eigenvalue weighted by atomic mass is 14.9. The van der Waals surface area contributed by atoms with Gasteiger partial charge < -0.3 is 5.32 Å². The van der Waals surface area contributed by atoms with Gasteiger partial charge in [0.05, 0.1) is 5.69 Å². The van der Waals surface area contributed by atoms with Gasteiger partial charge in [0.15, 0.2) is 0 Å². The Morgan fingerprint density at radius 2 is 2.00 bits per heavy atom. The molecule has 0 aliphatic heterocycles. The van der Waals surface area contributed by atoms with Gasteiger partial charge in [-0.2, -0.15) is 0 Å². The van der Waals surface area contributed by atoms with Crippen LogP contribution in [0.5, 0.6) is 0 Å². The third kappa shape index (κ3) is 4.12. The Morgan fingerprint density at radius 1 is 1.24 bits per heavy atom. The van der Waals surface area contributed by atoms with Crippen LogP contribution in [0.3, 0.4) is 0 Å². The van der Waals surface area contributed by atoms with Crippen LogP contribution in [-0.4, -0.2) is 11.0 Å². The summed E-state index contributed by atoms with van der Waals surface area (Å²) in [5.41, 5.74) is 1.15. The van der Waals surface area contributed by atoms with Crippen molar-refractivity contribution in [3.8, 4) is 0 Å². The van der Waals surface area contributed by atoms with Gasteiger partial charge in [-0.25, -0.2) is 0 Å². The van der Waals surface area contributed by atoms with E-state index in [4.69, 9.17) is 0 Å². The lowest BCUT2D eigenvalue weighted by Crippen LogP contribution is -2.33. The lowest BCUT2D eigenvalue weighted by Gasteiger charge is -2.23. The van der Waals surface area contributed by atoms with Gasteiger partial charge in [-0.15, -0.1) is 0 Å². The van der Waals surface area contributed by atoms with Crippen molar-refractivity contribution in [1.29, 1.82) is 0 Å². The molecule has 1 atom stereocenters. The Hall–Kier alpha value is -0.890. The summed E-state index contributed by atoms with van der Waals surface area (Å²) >= 11 is 0. The van der Waals surface area contributed by atoms with Gasteiger partial charge in [-0.1, -0.05) is 31.7 Å². The number of hydrogen-bond acceptors (Lipinski definition) is 2. The molecule has 0 radical (unpaired) electrons. The van der Waals surface area contributed by atoms with Crippen molar-refractivity contribution >= 4 is 0 Å². The molecule has 2 rings (SSSR count). The average Bonchev–Trinajstić information content (AvgIpc) is 2.66. The Kier molecular flexibility index (Phi) is 4.99. The van der Waals surface area contributed by atoms with Crippen molar-refractivity contribution in [2.24, 2.45) is 5.92 Å². The molecule has 0 saturated heterocycles. The first-order valence-electron chi connectivity index (χ1n) is 6.99. The monoisotopic (exact) mass is 232 g/mol. The van der Waals surface area contributed by atoms with Crippen molar-refractivity contribution in [2.75, 3.05) is 0 Å². The number of rotatable bonds is 4. The van der Waals surface area contributed by atoms with Crippen LogP contribution in [0.1, 0.15) is 51.1 Å². The smallest absolute Gasteiger partial charge is 0.0541 e. The summed E-state index contributed by atoms with van der Waals surface area (Å²) in [6, 6.07) is 6.74. The van der Waals surface area contributed by atoms with E-state index < -0.39 is 0 Å². The van der Waals surface area contributed by atoms with Crippen LogP contribution >= 0.6 is 0 Å². The molecule has 1 aliphatic rings. The van der Waals surface area contributed by atoms with E-state index in [1.807, 2.05) is 12.3 Å². The van der Waals surface area contributed by atoms with Crippen molar-refractivity contribution < 1.29 is 0 Å². The zero-order valence-corrected chi connectivity index (χ0v) is 10.9. The van der Waals surface area contributed by atoms with Gasteiger partial charge in [0, 0.05) is 18.8 Å². The van der Waals surface area contributed by atoms with Crippen molar-refractivity contribution in [1.82, 2.24) is 10.3 Å². The molecule has 1 heterocycles. The van der Waals surface area contributed by atoms with Crippen molar-refractivity contribution in [3.63, 3.8) is 0 Å². The molecule has 1 fully saturated rings. The molecule has 1 aromatic heterocycles. The van der Waals surface area contributed by atoms with Crippen LogP contribution in [0.25, 0.3) is 0 Å². The maximum absolute atomic E-state index is 4.35. The molecule has 0 spiro atoms. The van der Waals surface area contributed by atoms with E-state index in [-0.39, 0.29) is 0 Å². The highest BCUT2D eigenvalue weighted by Crippen LogP contribution is 2.25. The molecule has 17 heavy (non-hydrogen) atoms. The SMILES string of the molecule is C[C@H](NCc1ccccn1)C1CCCCCC1. The predicted molar refractivity (Wildman–Crippen MR) is 71.7 cm³/mol. The van der Waals surface area contributed by atoms with Crippen LogP contribution in [0.2, 0.25) is 0 Å². The summed E-state index contributed by atoms with van der Waals surface area (Å²) in [5.74, 6) is 0.862. The Labute approximate surface area is 105 Å². The van der Waals surface area contributed by atoms with Gasteiger partial charge in [0.1, 0.15) is 0 Å². The van der Waals surface area contributed by atoms with E-state index in [1.165, 1.54) is 38.5 Å². The predicted octanol–water partition coefficient (Wildman–Crippen LogP) is 3.53. The molecule has 0 aromatic carbocycles. The minimum atomic E-state index is 0.620. The lowest BCUT2D eigenvalue weighted by molar-refractivity contribution is 0.335. The first-order chi connectivity index (χ1) is 8.36. The average molecular weight is 232 g/mol. The van der Waals surface area contributed by atoms with Crippen LogP contribution in [0.15, 0.2) is 24.4 Å². The molecule has 0 unspecified atom stereocenters. The van der Waals surface area contributed by atoms with Crippen LogP contribution < -0.4 is 5.32 Å². The molecule has 2 nitrogen and oxygen atoms in total. The summed E-state index contributed by atoms with van der Waals surface area (Å²) < 4.78 is 0. The number of aromatic nitrogens is 1. The molecule has 1 saturated carbocycles. The van der Waals surface area contributed by atoms with E-state index in [9.17, 15) is 0 Å². The Balaban J connectivity index is 1.78. The fraction of sp³-hybridized carbons (Fsp3) is 0.667. The molecule has 1 aliphatic carbocycles. The van der Waals surface area contributed by atoms with Gasteiger partial charge in [0.2, 0.25) is 0 Å². The van der Waals surface area contributed by atoms with Gasteiger partial charge in [-0.3, -0.25) is 4.98 Å². The number of hydrogen-bond donors (Lipinski definition) is 1. The molecule has 1 N–H and O–H groups in total. The minimum absolute atomic E-state index is 0.620. The zero-order valence-electron chi connectivity index (χ0n) is 10.9. The summed E-state index contributed by atoms with van der Waals surface area (Å²) in [7, 11) is 0. The number of pyridine rings is 1. The van der Waals surface area contributed by atoms with Crippen molar-refractivity contribution in [3.05, 3.63) is 30.1 Å². The van der Waals surface area contributed by atoms with E-state index in [2.05, 4.69) is 29.4 Å². The maximum Gasteiger partial charge on any atom is 0.0541 e. The maximum atomic E-state index is 4.35. The van der Waals surface area contributed by atoms with Crippen LogP contribution in [0, 0.1) is 5.92 Å². The highest BCUT2D eigenvalue weighted by Gasteiger charge is 2.18. The van der Waals surface area contributed by atoms with E-state index in [1.54, 1.807) is 0 Å². The fourth-order valence-electron chi connectivity index (χ4n) is 2.75. The summed E-state index contributed by atoms with van der Waals surface area (Å²) in [6.45, 7) is 3.23. The molecule has 94 valence electrons. The van der Waals surface area contributed by atoms with E-state index in [0.717, 1.165) is 18.2 Å². The number of nitrogens with zero attached hydrogens (tertiary/aromatic N) is 1. The van der Waals surface area contributed by atoms with Gasteiger partial charge in [-0.05, 0) is 37.8 Å². The Bertz CT molecular complexity index is 302. The first kappa shape index (κ1) is 12.6. The molecule has 1 aromatic rings. The second-order valence-electron chi connectivity index (χ2n) is 5.24. The molecular formula is C15H24N2. The second-order valence-corrected chi connectivity index (χ2v) is 5.24. The van der Waals surface area contributed by atoms with Crippen LogP contribution in [-0.2, 0) is 6.54 Å². The molecule has 0 bridgehead atoms. The largest absolute Gasteiger partial charge is 0.308 e. The summed E-state index contributed by atoms with van der Waals surface area (Å²) in [6.07, 6.45) is 10.4. The van der Waals surface area contributed by atoms with E-state index >= 15 is 0 Å². The Morgan fingerprint density at radius 3 is 2.65 bits per heavy atom. The zero-order chi connectivity index (χ0) is 11.9. The topological polar surface area (TPSA) is 24.9 Å². The van der Waals surface area contributed by atoms with Gasteiger partial charge >= 0.3 is 0 Å². The third-order valence-electron chi connectivity index (χ3n) is 3.94. The molecule has 2 heteroatoms. The summed E-state index contributed by atoms with van der Waals surface area (Å²) in [4.78, 5) is 4.35. The molecule has 0 amide bonds. The number of nitrogens with one attached hydrogen (secondary N) is 1. The third-order valence-corrected chi connectivity index (χ3v) is 3.94. The minimum Gasteiger partial charge on any atom is -0.308 e. The quantitative estimate of drug-likeness (QED) is 0.803.